The third kappa shape index (κ3) is 8.08. The van der Waals surface area contributed by atoms with Crippen molar-refractivity contribution in [1.29, 1.82) is 0 Å². The molecule has 1 heterocycles. The van der Waals surface area contributed by atoms with Gasteiger partial charge in [0.2, 0.25) is 0 Å². The molecule has 0 aliphatic heterocycles. The van der Waals surface area contributed by atoms with Crippen LogP contribution in [-0.2, 0) is 0 Å². The molecule has 4 rings (SSSR count). The van der Waals surface area contributed by atoms with Gasteiger partial charge >= 0.3 is 11.6 Å². The largest absolute Gasteiger partial charge is 0.478 e. The normalized spacial score (nSPS) is 11.6. The molecule has 42 heavy (non-hydrogen) atoms. The third-order valence-electron chi connectivity index (χ3n) is 7.48. The molecule has 0 fully saturated rings. The summed E-state index contributed by atoms with van der Waals surface area (Å²) >= 11 is 0. The summed E-state index contributed by atoms with van der Waals surface area (Å²) in [5.74, 6) is -0.936. The van der Waals surface area contributed by atoms with Crippen LogP contribution in [0.1, 0.15) is 77.2 Å². The molecule has 0 radical (unpaired) electrons. The first-order valence-electron chi connectivity index (χ1n) is 14.7. The molecule has 3 aromatic carbocycles. The van der Waals surface area contributed by atoms with Crippen LogP contribution >= 0.6 is 0 Å². The highest BCUT2D eigenvalue weighted by molar-refractivity contribution is 5.88. The van der Waals surface area contributed by atoms with Crippen molar-refractivity contribution in [3.05, 3.63) is 111 Å². The van der Waals surface area contributed by atoms with Crippen LogP contribution < -0.4 is 16.3 Å². The number of nitrogens with zero attached hydrogens (tertiary/aromatic N) is 1. The lowest BCUT2D eigenvalue weighted by Crippen LogP contribution is -2.25. The van der Waals surface area contributed by atoms with Crippen molar-refractivity contribution >= 4 is 46.9 Å². The maximum Gasteiger partial charge on any atom is 0.343 e. The number of carboxylic acid groups (broad SMARTS) is 1. The standard InChI is InChI=1S/C36H40N2O4/c1-3-4-23-38(24-7-5-6-22-37)31-19-21-32-26(2)33(36(41)42-34(32)25-31)20-16-28-11-8-27(9-12-28)10-13-29-14-17-30(18-15-29)35(39)40/h8-21,25H,3-7,22-24,37H2,1-2H3,(H,39,40)/b13-10+,20-16+. The summed E-state index contributed by atoms with van der Waals surface area (Å²) in [7, 11) is 0. The van der Waals surface area contributed by atoms with E-state index in [-0.39, 0.29) is 11.2 Å². The SMILES string of the molecule is CCCCN(CCCCCN)c1ccc2c(C)c(/C=C/c3ccc(/C=C/c4ccc(C(=O)O)cc4)cc3)c(=O)oc2c1. The van der Waals surface area contributed by atoms with Gasteiger partial charge in [0.05, 0.1) is 11.1 Å². The van der Waals surface area contributed by atoms with Crippen LogP contribution in [0.4, 0.5) is 5.69 Å². The number of aryl methyl sites for hydroxylation is 1. The van der Waals surface area contributed by atoms with E-state index in [1.807, 2.05) is 61.6 Å². The van der Waals surface area contributed by atoms with Crippen LogP contribution in [0.15, 0.2) is 75.9 Å². The van der Waals surface area contributed by atoms with Gasteiger partial charge in [-0.1, -0.05) is 74.4 Å². The van der Waals surface area contributed by atoms with Crippen LogP contribution in [0, 0.1) is 6.92 Å². The Balaban J connectivity index is 1.48. The number of hydrogen-bond acceptors (Lipinski definition) is 5. The van der Waals surface area contributed by atoms with Gasteiger partial charge in [-0.25, -0.2) is 9.59 Å². The Morgan fingerprint density at radius 1 is 0.833 bits per heavy atom. The second-order valence-corrected chi connectivity index (χ2v) is 10.6. The van der Waals surface area contributed by atoms with E-state index in [2.05, 4.69) is 24.0 Å². The fraction of sp³-hybridized carbons (Fsp3) is 0.278. The van der Waals surface area contributed by atoms with Crippen molar-refractivity contribution in [1.82, 2.24) is 0 Å². The van der Waals surface area contributed by atoms with E-state index in [0.717, 1.165) is 85.1 Å². The minimum absolute atomic E-state index is 0.266. The monoisotopic (exact) mass is 564 g/mol. The molecule has 218 valence electrons. The Kier molecular flexibility index (Phi) is 10.9. The number of carbonyl (C=O) groups is 1. The molecule has 6 heteroatoms. The van der Waals surface area contributed by atoms with Crippen molar-refractivity contribution in [2.75, 3.05) is 24.5 Å². The van der Waals surface area contributed by atoms with E-state index in [9.17, 15) is 9.59 Å². The van der Waals surface area contributed by atoms with Crippen molar-refractivity contribution in [3.8, 4) is 0 Å². The topological polar surface area (TPSA) is 96.8 Å². The van der Waals surface area contributed by atoms with Gasteiger partial charge in [-0.3, -0.25) is 0 Å². The van der Waals surface area contributed by atoms with E-state index in [0.29, 0.717) is 11.1 Å². The van der Waals surface area contributed by atoms with Gasteiger partial charge in [-0.2, -0.15) is 0 Å². The van der Waals surface area contributed by atoms with Crippen molar-refractivity contribution < 1.29 is 14.3 Å². The van der Waals surface area contributed by atoms with Crippen molar-refractivity contribution in [2.45, 2.75) is 46.0 Å². The van der Waals surface area contributed by atoms with Crippen LogP contribution in [0.2, 0.25) is 0 Å². The zero-order chi connectivity index (χ0) is 29.9. The van der Waals surface area contributed by atoms with Crippen molar-refractivity contribution in [3.63, 3.8) is 0 Å². The molecule has 3 N–H and O–H groups in total. The molecule has 0 atom stereocenters. The highest BCUT2D eigenvalue weighted by atomic mass is 16.4. The first kappa shape index (κ1) is 30.5. The number of benzene rings is 3. The first-order chi connectivity index (χ1) is 20.4. The van der Waals surface area contributed by atoms with E-state index < -0.39 is 5.97 Å². The second kappa shape index (κ2) is 15.0. The molecule has 0 saturated heterocycles. The number of unbranched alkanes of at least 4 members (excludes halogenated alkanes) is 3. The first-order valence-corrected chi connectivity index (χ1v) is 14.7. The Bertz CT molecular complexity index is 1600. The molecule has 0 spiro atoms. The molecule has 0 aliphatic rings. The lowest BCUT2D eigenvalue weighted by atomic mass is 10.0. The molecule has 0 amide bonds. The van der Waals surface area contributed by atoms with Gasteiger partial charge in [0, 0.05) is 30.2 Å². The highest BCUT2D eigenvalue weighted by Crippen LogP contribution is 2.26. The minimum Gasteiger partial charge on any atom is -0.478 e. The van der Waals surface area contributed by atoms with E-state index in [4.69, 9.17) is 15.3 Å². The van der Waals surface area contributed by atoms with Gasteiger partial charge < -0.3 is 20.2 Å². The number of carboxylic acids is 1. The minimum atomic E-state index is -0.936. The number of fused-ring (bicyclic) bond motifs is 1. The number of aromatic carboxylic acids is 1. The Morgan fingerprint density at radius 2 is 1.43 bits per heavy atom. The summed E-state index contributed by atoms with van der Waals surface area (Å²) < 4.78 is 5.82. The quantitative estimate of drug-likeness (QED) is 0.0919. The summed E-state index contributed by atoms with van der Waals surface area (Å²) in [5, 5.41) is 9.98. The van der Waals surface area contributed by atoms with Gasteiger partial charge in [-0.15, -0.1) is 0 Å². The fourth-order valence-corrected chi connectivity index (χ4v) is 4.92. The zero-order valence-corrected chi connectivity index (χ0v) is 24.5. The lowest BCUT2D eigenvalue weighted by molar-refractivity contribution is 0.0697. The van der Waals surface area contributed by atoms with Crippen LogP contribution in [0.3, 0.4) is 0 Å². The van der Waals surface area contributed by atoms with Crippen LogP contribution in [-0.4, -0.2) is 30.7 Å². The van der Waals surface area contributed by atoms with Gasteiger partial charge in [0.1, 0.15) is 5.58 Å². The number of hydrogen-bond donors (Lipinski definition) is 2. The van der Waals surface area contributed by atoms with Crippen molar-refractivity contribution in [2.24, 2.45) is 5.73 Å². The Hall–Kier alpha value is -4.42. The molecule has 0 unspecified atom stereocenters. The van der Waals surface area contributed by atoms with Crippen LogP contribution in [0.25, 0.3) is 35.3 Å². The molecule has 1 aromatic heterocycles. The Labute approximate surface area is 247 Å². The molecular weight excluding hydrogens is 524 g/mol. The summed E-state index contributed by atoms with van der Waals surface area (Å²) in [4.78, 5) is 26.4. The zero-order valence-electron chi connectivity index (χ0n) is 24.5. The maximum absolute atomic E-state index is 13.0. The van der Waals surface area contributed by atoms with E-state index in [1.54, 1.807) is 24.3 Å². The maximum atomic E-state index is 13.0. The number of anilines is 1. The predicted octanol–water partition coefficient (Wildman–Crippen LogP) is 7.88. The van der Waals surface area contributed by atoms with Crippen LogP contribution in [0.5, 0.6) is 0 Å². The summed E-state index contributed by atoms with van der Waals surface area (Å²) in [6.07, 6.45) is 13.1. The third-order valence-corrected chi connectivity index (χ3v) is 7.48. The molecular formula is C36H40N2O4. The smallest absolute Gasteiger partial charge is 0.343 e. The average molecular weight is 565 g/mol. The second-order valence-electron chi connectivity index (χ2n) is 10.6. The molecule has 4 aromatic rings. The summed E-state index contributed by atoms with van der Waals surface area (Å²) in [6, 6.07) is 20.9. The number of rotatable bonds is 14. The van der Waals surface area contributed by atoms with Gasteiger partial charge in [0.25, 0.3) is 0 Å². The fourth-order valence-electron chi connectivity index (χ4n) is 4.92. The van der Waals surface area contributed by atoms with Gasteiger partial charge in [0.15, 0.2) is 0 Å². The predicted molar refractivity (Wildman–Crippen MR) is 175 cm³/mol. The molecule has 0 aliphatic carbocycles. The number of nitrogens with two attached hydrogens (primary N) is 1. The molecule has 0 bridgehead atoms. The van der Waals surface area contributed by atoms with E-state index >= 15 is 0 Å². The lowest BCUT2D eigenvalue weighted by Gasteiger charge is -2.25. The highest BCUT2D eigenvalue weighted by Gasteiger charge is 2.13. The van der Waals surface area contributed by atoms with E-state index in [1.165, 1.54) is 0 Å². The van der Waals surface area contributed by atoms with Gasteiger partial charge in [-0.05, 0) is 85.3 Å². The summed E-state index contributed by atoms with van der Waals surface area (Å²) in [5.41, 5.74) is 11.6. The summed E-state index contributed by atoms with van der Waals surface area (Å²) in [6.45, 7) is 6.83. The Morgan fingerprint density at radius 3 is 2.02 bits per heavy atom. The molecule has 0 saturated carbocycles. The average Bonchev–Trinajstić information content (AvgIpc) is 3.00. The molecule has 6 nitrogen and oxygen atoms in total.